The highest BCUT2D eigenvalue weighted by molar-refractivity contribution is 5.85. The van der Waals surface area contributed by atoms with Crippen LogP contribution < -0.4 is 5.73 Å². The SMILES string of the molecule is N#Cc1cnc2ncnc(N)c2c1. The normalized spacial score (nSPS) is 9.77. The fourth-order valence-electron chi connectivity index (χ4n) is 1.03. The van der Waals surface area contributed by atoms with Crippen molar-refractivity contribution < 1.29 is 0 Å². The molecule has 2 heterocycles. The molecular formula is C8H5N5. The summed E-state index contributed by atoms with van der Waals surface area (Å²) in [6, 6.07) is 3.60. The summed E-state index contributed by atoms with van der Waals surface area (Å²) < 4.78 is 0. The molecule has 2 N–H and O–H groups in total. The van der Waals surface area contributed by atoms with Crippen LogP contribution in [-0.2, 0) is 0 Å². The van der Waals surface area contributed by atoms with Gasteiger partial charge in [-0.05, 0) is 6.07 Å². The average Bonchev–Trinajstić information content (AvgIpc) is 2.18. The van der Waals surface area contributed by atoms with E-state index in [-0.39, 0.29) is 0 Å². The molecule has 0 spiro atoms. The summed E-state index contributed by atoms with van der Waals surface area (Å²) >= 11 is 0. The van der Waals surface area contributed by atoms with E-state index < -0.39 is 0 Å². The number of nitrogens with zero attached hydrogens (tertiary/aromatic N) is 4. The lowest BCUT2D eigenvalue weighted by Crippen LogP contribution is -1.95. The molecule has 2 aromatic rings. The van der Waals surface area contributed by atoms with Crippen molar-refractivity contribution in [3.8, 4) is 6.07 Å². The van der Waals surface area contributed by atoms with Crippen LogP contribution in [0, 0.1) is 11.3 Å². The molecular weight excluding hydrogens is 166 g/mol. The van der Waals surface area contributed by atoms with E-state index in [4.69, 9.17) is 11.0 Å². The molecule has 5 nitrogen and oxygen atoms in total. The van der Waals surface area contributed by atoms with Crippen LogP contribution in [0.1, 0.15) is 5.56 Å². The largest absolute Gasteiger partial charge is 0.383 e. The van der Waals surface area contributed by atoms with Crippen LogP contribution in [0.25, 0.3) is 11.0 Å². The summed E-state index contributed by atoms with van der Waals surface area (Å²) in [7, 11) is 0. The molecule has 0 saturated carbocycles. The molecule has 2 aromatic heterocycles. The van der Waals surface area contributed by atoms with Gasteiger partial charge in [0.2, 0.25) is 0 Å². The highest BCUT2D eigenvalue weighted by Gasteiger charge is 2.01. The molecule has 0 radical (unpaired) electrons. The van der Waals surface area contributed by atoms with Crippen molar-refractivity contribution in [1.82, 2.24) is 15.0 Å². The second kappa shape index (κ2) is 2.68. The number of hydrogen-bond acceptors (Lipinski definition) is 5. The Morgan fingerprint density at radius 2 is 2.15 bits per heavy atom. The van der Waals surface area contributed by atoms with Gasteiger partial charge in [0.1, 0.15) is 18.2 Å². The maximum atomic E-state index is 8.62. The van der Waals surface area contributed by atoms with E-state index >= 15 is 0 Å². The molecule has 0 aliphatic carbocycles. The quantitative estimate of drug-likeness (QED) is 0.622. The fourth-order valence-corrected chi connectivity index (χ4v) is 1.03. The topological polar surface area (TPSA) is 88.5 Å². The Labute approximate surface area is 73.9 Å². The first-order valence-corrected chi connectivity index (χ1v) is 3.57. The molecule has 0 aromatic carbocycles. The Kier molecular flexibility index (Phi) is 1.53. The molecule has 0 atom stereocenters. The summed E-state index contributed by atoms with van der Waals surface area (Å²) in [5.41, 5.74) is 6.54. The number of rotatable bonds is 0. The number of fused-ring (bicyclic) bond motifs is 1. The zero-order valence-electron chi connectivity index (χ0n) is 6.60. The second-order valence-corrected chi connectivity index (χ2v) is 2.47. The van der Waals surface area contributed by atoms with E-state index in [9.17, 15) is 0 Å². The smallest absolute Gasteiger partial charge is 0.164 e. The molecule has 0 saturated heterocycles. The Bertz CT molecular complexity index is 499. The number of nitrogen functional groups attached to an aromatic ring is 1. The van der Waals surface area contributed by atoms with E-state index in [1.165, 1.54) is 12.5 Å². The fraction of sp³-hybridized carbons (Fsp3) is 0. The third-order valence-electron chi connectivity index (χ3n) is 1.65. The van der Waals surface area contributed by atoms with Crippen LogP contribution >= 0.6 is 0 Å². The minimum atomic E-state index is 0.342. The zero-order valence-corrected chi connectivity index (χ0v) is 6.60. The van der Waals surface area contributed by atoms with Crippen LogP contribution in [0.15, 0.2) is 18.6 Å². The first kappa shape index (κ1) is 7.43. The third kappa shape index (κ3) is 1.14. The van der Waals surface area contributed by atoms with Crippen LogP contribution in [0.2, 0.25) is 0 Å². The number of nitriles is 1. The second-order valence-electron chi connectivity index (χ2n) is 2.47. The van der Waals surface area contributed by atoms with Crippen LogP contribution in [-0.4, -0.2) is 15.0 Å². The monoisotopic (exact) mass is 171 g/mol. The number of hydrogen-bond donors (Lipinski definition) is 1. The van der Waals surface area contributed by atoms with Gasteiger partial charge >= 0.3 is 0 Å². The average molecular weight is 171 g/mol. The van der Waals surface area contributed by atoms with Gasteiger partial charge in [-0.2, -0.15) is 5.26 Å². The minimum absolute atomic E-state index is 0.342. The number of pyridine rings is 1. The Morgan fingerprint density at radius 3 is 2.92 bits per heavy atom. The Hall–Kier alpha value is -2.22. The third-order valence-corrected chi connectivity index (χ3v) is 1.65. The van der Waals surface area contributed by atoms with Gasteiger partial charge in [-0.25, -0.2) is 15.0 Å². The van der Waals surface area contributed by atoms with Crippen LogP contribution in [0.4, 0.5) is 5.82 Å². The molecule has 13 heavy (non-hydrogen) atoms. The van der Waals surface area contributed by atoms with Crippen molar-refractivity contribution in [1.29, 1.82) is 5.26 Å². The van der Waals surface area contributed by atoms with Crippen molar-refractivity contribution in [2.45, 2.75) is 0 Å². The predicted molar refractivity (Wildman–Crippen MR) is 46.5 cm³/mol. The standard InChI is InChI=1S/C8H5N5/c9-2-5-1-6-7(10)12-4-13-8(6)11-3-5/h1,3-4H,(H2,10,11,12,13). The van der Waals surface area contributed by atoms with E-state index in [0.717, 1.165) is 0 Å². The van der Waals surface area contributed by atoms with E-state index in [1.54, 1.807) is 6.07 Å². The van der Waals surface area contributed by atoms with E-state index in [0.29, 0.717) is 22.4 Å². The molecule has 0 amide bonds. The molecule has 2 rings (SSSR count). The van der Waals surface area contributed by atoms with Gasteiger partial charge in [0, 0.05) is 6.20 Å². The predicted octanol–water partition coefficient (Wildman–Crippen LogP) is 0.479. The van der Waals surface area contributed by atoms with Gasteiger partial charge in [0.25, 0.3) is 0 Å². The minimum Gasteiger partial charge on any atom is -0.383 e. The van der Waals surface area contributed by atoms with E-state index in [1.807, 2.05) is 6.07 Å². The van der Waals surface area contributed by atoms with Crippen molar-refractivity contribution in [2.75, 3.05) is 5.73 Å². The lowest BCUT2D eigenvalue weighted by molar-refractivity contribution is 1.18. The van der Waals surface area contributed by atoms with Gasteiger partial charge in [-0.3, -0.25) is 0 Å². The van der Waals surface area contributed by atoms with Gasteiger partial charge in [-0.15, -0.1) is 0 Å². The molecule has 0 aliphatic heterocycles. The van der Waals surface area contributed by atoms with Gasteiger partial charge in [0.15, 0.2) is 5.65 Å². The zero-order chi connectivity index (χ0) is 9.26. The molecule has 62 valence electrons. The lowest BCUT2D eigenvalue weighted by atomic mass is 10.2. The van der Waals surface area contributed by atoms with E-state index in [2.05, 4.69) is 15.0 Å². The maximum Gasteiger partial charge on any atom is 0.164 e. The number of nitrogens with two attached hydrogens (primary N) is 1. The molecule has 0 unspecified atom stereocenters. The lowest BCUT2D eigenvalue weighted by Gasteiger charge is -1.97. The van der Waals surface area contributed by atoms with Crippen LogP contribution in [0.3, 0.4) is 0 Å². The highest BCUT2D eigenvalue weighted by atomic mass is 14.9. The molecule has 5 heteroatoms. The van der Waals surface area contributed by atoms with Crippen molar-refractivity contribution >= 4 is 16.9 Å². The summed E-state index contributed by atoms with van der Waals surface area (Å²) in [6.45, 7) is 0. The highest BCUT2D eigenvalue weighted by Crippen LogP contribution is 2.14. The van der Waals surface area contributed by atoms with Gasteiger partial charge < -0.3 is 5.73 Å². The van der Waals surface area contributed by atoms with Gasteiger partial charge in [-0.1, -0.05) is 0 Å². The molecule has 0 aliphatic rings. The number of aromatic nitrogens is 3. The maximum absolute atomic E-state index is 8.62. The summed E-state index contributed by atoms with van der Waals surface area (Å²) in [6.07, 6.45) is 2.80. The Balaban J connectivity index is 2.84. The molecule has 0 bridgehead atoms. The first-order chi connectivity index (χ1) is 6.31. The molecule has 0 fully saturated rings. The van der Waals surface area contributed by atoms with Crippen molar-refractivity contribution in [2.24, 2.45) is 0 Å². The van der Waals surface area contributed by atoms with Gasteiger partial charge in [0.05, 0.1) is 10.9 Å². The van der Waals surface area contributed by atoms with Crippen molar-refractivity contribution in [3.63, 3.8) is 0 Å². The van der Waals surface area contributed by atoms with Crippen molar-refractivity contribution in [3.05, 3.63) is 24.2 Å². The summed E-state index contributed by atoms with van der Waals surface area (Å²) in [5.74, 6) is 0.342. The van der Waals surface area contributed by atoms with Crippen LogP contribution in [0.5, 0.6) is 0 Å². The number of anilines is 1. The Morgan fingerprint density at radius 1 is 1.31 bits per heavy atom. The summed E-state index contributed by atoms with van der Waals surface area (Å²) in [4.78, 5) is 11.7. The first-order valence-electron chi connectivity index (χ1n) is 3.57. The summed E-state index contributed by atoms with van der Waals surface area (Å²) in [5, 5.41) is 9.23.